The Labute approximate surface area is 176 Å². The molecule has 128 valence electrons. The van der Waals surface area contributed by atoms with Crippen molar-refractivity contribution in [2.45, 2.75) is 18.7 Å². The van der Waals surface area contributed by atoms with Crippen LogP contribution in [0.2, 0.25) is 0 Å². The Kier molecular flexibility index (Phi) is 6.26. The number of nitrogens with zero attached hydrogens (tertiary/aromatic N) is 1. The first-order valence-electron chi connectivity index (χ1n) is 7.09. The van der Waals surface area contributed by atoms with Crippen LogP contribution in [0, 0.1) is 13.8 Å². The maximum absolute atomic E-state index is 4.33. The van der Waals surface area contributed by atoms with E-state index in [-0.39, 0.29) is 0 Å². The monoisotopic (exact) mass is 466 g/mol. The second-order valence-corrected chi connectivity index (χ2v) is 14.6. The zero-order valence-electron chi connectivity index (χ0n) is 13.1. The highest BCUT2D eigenvalue weighted by atomic mass is 32.3. The fourth-order valence-electron chi connectivity index (χ4n) is 2.13. The lowest BCUT2D eigenvalue weighted by molar-refractivity contribution is 1.02. The SMILES string of the molecule is CSC1=C(Sc2c(C)n[nH]c2C)SC(=C2SC3=C(SCCS3)S2)S1. The fourth-order valence-corrected chi connectivity index (χ4v) is 13.7. The predicted molar refractivity (Wildman–Crippen MR) is 124 cm³/mol. The molecule has 0 saturated heterocycles. The maximum atomic E-state index is 4.33. The highest BCUT2D eigenvalue weighted by Gasteiger charge is 2.32. The quantitative estimate of drug-likeness (QED) is 0.492. The number of nitrogens with one attached hydrogen (secondary N) is 1. The number of H-pyrrole nitrogens is 1. The summed E-state index contributed by atoms with van der Waals surface area (Å²) in [6.07, 6.45) is 2.18. The fraction of sp³-hybridized carbons (Fsp3) is 0.357. The van der Waals surface area contributed by atoms with Crippen molar-refractivity contribution in [2.75, 3.05) is 17.8 Å². The first-order chi connectivity index (χ1) is 11.7. The molecular formula is C14H14N2S8. The third-order valence-electron chi connectivity index (χ3n) is 3.23. The van der Waals surface area contributed by atoms with Gasteiger partial charge >= 0.3 is 0 Å². The number of aromatic amines is 1. The van der Waals surface area contributed by atoms with Crippen LogP contribution in [0.25, 0.3) is 0 Å². The molecule has 0 bridgehead atoms. The number of thioether (sulfide) groups is 8. The topological polar surface area (TPSA) is 28.7 Å². The summed E-state index contributed by atoms with van der Waals surface area (Å²) in [7, 11) is 0. The third-order valence-corrected chi connectivity index (χ3v) is 15.1. The van der Waals surface area contributed by atoms with Gasteiger partial charge in [-0.15, -0.1) is 35.3 Å². The van der Waals surface area contributed by atoms with Crippen LogP contribution in [0.5, 0.6) is 0 Å². The molecule has 3 aliphatic rings. The van der Waals surface area contributed by atoms with Gasteiger partial charge < -0.3 is 0 Å². The van der Waals surface area contributed by atoms with Crippen molar-refractivity contribution in [2.24, 2.45) is 0 Å². The van der Waals surface area contributed by atoms with Crippen LogP contribution in [-0.2, 0) is 0 Å². The molecule has 0 unspecified atom stereocenters. The largest absolute Gasteiger partial charge is 0.281 e. The normalized spacial score (nSPS) is 21.3. The highest BCUT2D eigenvalue weighted by Crippen LogP contribution is 2.67. The molecule has 24 heavy (non-hydrogen) atoms. The molecule has 1 aromatic heterocycles. The van der Waals surface area contributed by atoms with Crippen LogP contribution in [0.3, 0.4) is 0 Å². The number of aromatic nitrogens is 2. The molecular weight excluding hydrogens is 453 g/mol. The first-order valence-corrected chi connectivity index (χ1v) is 14.4. The summed E-state index contributed by atoms with van der Waals surface area (Å²) in [6.45, 7) is 4.18. The number of hydrogen-bond acceptors (Lipinski definition) is 9. The van der Waals surface area contributed by atoms with E-state index >= 15 is 0 Å². The van der Waals surface area contributed by atoms with E-state index in [1.165, 1.54) is 41.8 Å². The molecule has 2 nitrogen and oxygen atoms in total. The van der Waals surface area contributed by atoms with Crippen LogP contribution in [0.4, 0.5) is 0 Å². The number of hydrogen-bond donors (Lipinski definition) is 1. The summed E-state index contributed by atoms with van der Waals surface area (Å²) in [4.78, 5) is 1.27. The Morgan fingerprint density at radius 2 is 1.50 bits per heavy atom. The Bertz CT molecular complexity index is 736. The van der Waals surface area contributed by atoms with Crippen LogP contribution >= 0.6 is 94.1 Å². The standard InChI is InChI=1S/C14H14N2S8/c1-6-8(7(2)16-15-6)20-12-9(17-3)21-13(24-12)14-22-10-11(23-14)19-5-4-18-10/h4-5H2,1-3H3,(H,15,16). The van der Waals surface area contributed by atoms with Crippen molar-refractivity contribution >= 4 is 94.1 Å². The Balaban J connectivity index is 1.54. The minimum atomic E-state index is 1.09. The molecule has 0 aromatic carbocycles. The summed E-state index contributed by atoms with van der Waals surface area (Å²) < 4.78 is 8.78. The predicted octanol–water partition coefficient (Wildman–Crippen LogP) is 7.30. The highest BCUT2D eigenvalue weighted by molar-refractivity contribution is 8.45. The lowest BCUT2D eigenvalue weighted by atomic mass is 10.4. The number of rotatable bonds is 3. The lowest BCUT2D eigenvalue weighted by Gasteiger charge is -2.08. The Morgan fingerprint density at radius 3 is 2.08 bits per heavy atom. The molecule has 4 rings (SSSR count). The average molecular weight is 467 g/mol. The van der Waals surface area contributed by atoms with Crippen LogP contribution in [0.15, 0.2) is 30.3 Å². The summed E-state index contributed by atoms with van der Waals surface area (Å²) in [5.41, 5.74) is 2.25. The molecule has 0 saturated carbocycles. The van der Waals surface area contributed by atoms with Crippen molar-refractivity contribution in [1.82, 2.24) is 10.2 Å². The van der Waals surface area contributed by atoms with Gasteiger partial charge in [0, 0.05) is 17.2 Å². The van der Waals surface area contributed by atoms with E-state index < -0.39 is 0 Å². The van der Waals surface area contributed by atoms with Gasteiger partial charge in [-0.3, -0.25) is 5.10 Å². The maximum Gasteiger partial charge on any atom is 0.0733 e. The molecule has 3 aliphatic heterocycles. The van der Waals surface area contributed by atoms with Gasteiger partial charge in [-0.2, -0.15) is 5.10 Å². The molecule has 0 fully saturated rings. The lowest BCUT2D eigenvalue weighted by Crippen LogP contribution is -1.88. The summed E-state index contributed by atoms with van der Waals surface area (Å²) in [5, 5.41) is 7.43. The van der Waals surface area contributed by atoms with E-state index in [9.17, 15) is 0 Å². The molecule has 0 aliphatic carbocycles. The summed E-state index contributed by atoms with van der Waals surface area (Å²) >= 11 is 15.6. The average Bonchev–Trinajstić information content (AvgIpc) is 3.27. The zero-order valence-corrected chi connectivity index (χ0v) is 19.7. The van der Waals surface area contributed by atoms with Gasteiger partial charge in [0.1, 0.15) is 0 Å². The van der Waals surface area contributed by atoms with E-state index in [0.717, 1.165) is 11.4 Å². The Morgan fingerprint density at radius 1 is 0.875 bits per heavy atom. The van der Waals surface area contributed by atoms with Crippen LogP contribution < -0.4 is 0 Å². The second kappa shape index (κ2) is 8.08. The van der Waals surface area contributed by atoms with Crippen molar-refractivity contribution in [1.29, 1.82) is 0 Å². The minimum absolute atomic E-state index is 1.09. The van der Waals surface area contributed by atoms with E-state index in [1.807, 2.05) is 94.1 Å². The van der Waals surface area contributed by atoms with E-state index in [4.69, 9.17) is 0 Å². The van der Waals surface area contributed by atoms with E-state index in [2.05, 4.69) is 30.3 Å². The molecule has 1 N–H and O–H groups in total. The van der Waals surface area contributed by atoms with Gasteiger partial charge in [0.2, 0.25) is 0 Å². The third kappa shape index (κ3) is 3.76. The number of aryl methyl sites for hydroxylation is 2. The smallest absolute Gasteiger partial charge is 0.0733 e. The summed E-state index contributed by atoms with van der Waals surface area (Å²) in [6, 6.07) is 0. The van der Waals surface area contributed by atoms with E-state index in [0.29, 0.717) is 0 Å². The molecule has 0 spiro atoms. The zero-order chi connectivity index (χ0) is 16.7. The van der Waals surface area contributed by atoms with E-state index in [1.54, 1.807) is 0 Å². The molecule has 10 heteroatoms. The molecule has 4 heterocycles. The van der Waals surface area contributed by atoms with Crippen molar-refractivity contribution in [3.05, 3.63) is 36.8 Å². The van der Waals surface area contributed by atoms with Crippen LogP contribution in [-0.4, -0.2) is 28.0 Å². The molecule has 1 aromatic rings. The van der Waals surface area contributed by atoms with Crippen LogP contribution in [0.1, 0.15) is 11.4 Å². The van der Waals surface area contributed by atoms with Crippen molar-refractivity contribution in [3.63, 3.8) is 0 Å². The van der Waals surface area contributed by atoms with Gasteiger partial charge in [-0.05, 0) is 20.1 Å². The Hall–Kier alpha value is 1.23. The molecule has 0 atom stereocenters. The van der Waals surface area contributed by atoms with Crippen molar-refractivity contribution < 1.29 is 0 Å². The summed E-state index contributed by atoms with van der Waals surface area (Å²) in [5.74, 6) is 2.49. The van der Waals surface area contributed by atoms with Gasteiger partial charge in [-0.1, -0.05) is 58.8 Å². The van der Waals surface area contributed by atoms with Gasteiger partial charge in [0.05, 0.1) is 36.0 Å². The first kappa shape index (κ1) is 18.6. The molecule has 0 amide bonds. The van der Waals surface area contributed by atoms with Gasteiger partial charge in [-0.25, -0.2) is 0 Å². The molecule has 0 radical (unpaired) electrons. The van der Waals surface area contributed by atoms with Gasteiger partial charge in [0.15, 0.2) is 0 Å². The van der Waals surface area contributed by atoms with Gasteiger partial charge in [0.25, 0.3) is 0 Å². The minimum Gasteiger partial charge on any atom is -0.281 e. The van der Waals surface area contributed by atoms with Crippen molar-refractivity contribution in [3.8, 4) is 0 Å². The second-order valence-electron chi connectivity index (χ2n) is 4.90.